The van der Waals surface area contributed by atoms with Crippen LogP contribution >= 0.6 is 23.8 Å². The fourth-order valence-corrected chi connectivity index (χ4v) is 2.26. The van der Waals surface area contributed by atoms with E-state index >= 15 is 0 Å². The summed E-state index contributed by atoms with van der Waals surface area (Å²) in [5.41, 5.74) is 3.58. The zero-order chi connectivity index (χ0) is 16.5. The van der Waals surface area contributed by atoms with Crippen LogP contribution in [-0.2, 0) is 0 Å². The third kappa shape index (κ3) is 5.51. The van der Waals surface area contributed by atoms with Gasteiger partial charge in [-0.1, -0.05) is 61.1 Å². The molecule has 0 saturated carbocycles. The highest BCUT2D eigenvalue weighted by atomic mass is 35.5. The van der Waals surface area contributed by atoms with Gasteiger partial charge in [0.25, 0.3) is 0 Å². The second kappa shape index (κ2) is 9.08. The van der Waals surface area contributed by atoms with E-state index in [1.165, 1.54) is 5.56 Å². The zero-order valence-corrected chi connectivity index (χ0v) is 14.4. The molecular weight excluding hydrogens is 322 g/mol. The molecule has 0 saturated heterocycles. The monoisotopic (exact) mass is 337 g/mol. The van der Waals surface area contributed by atoms with Crippen LogP contribution in [0, 0.1) is 11.8 Å². The summed E-state index contributed by atoms with van der Waals surface area (Å²) in [6.45, 7) is 2.17. The molecule has 0 radical (unpaired) electrons. The Hall–Kier alpha value is -2.17. The van der Waals surface area contributed by atoms with Crippen molar-refractivity contribution in [3.8, 4) is 11.8 Å². The lowest BCUT2D eigenvalue weighted by molar-refractivity contribution is 0.962. The lowest BCUT2D eigenvalue weighted by atomic mass is 10.1. The number of halogens is 1. The average molecular weight is 338 g/mol. The van der Waals surface area contributed by atoms with Crippen molar-refractivity contribution in [2.45, 2.75) is 19.8 Å². The molecule has 0 aliphatic carbocycles. The van der Waals surface area contributed by atoms with Gasteiger partial charge in [0.05, 0.1) is 15.9 Å². The smallest absolute Gasteiger partial charge is 0.0755 e. The molecule has 0 heterocycles. The number of thiocarbonyl (C=S) groups is 1. The van der Waals surface area contributed by atoms with Crippen molar-refractivity contribution in [2.75, 3.05) is 0 Å². The van der Waals surface area contributed by atoms with Crippen molar-refractivity contribution in [3.05, 3.63) is 70.3 Å². The molecule has 0 unspecified atom stereocenters. The molecule has 2 aromatic rings. The van der Waals surface area contributed by atoms with E-state index in [9.17, 15) is 0 Å². The minimum Gasteiger partial charge on any atom is -0.195 e. The number of aliphatic imine (C=N–C) groups is 1. The van der Waals surface area contributed by atoms with Gasteiger partial charge in [0.1, 0.15) is 0 Å². The quantitative estimate of drug-likeness (QED) is 0.363. The predicted octanol–water partition coefficient (Wildman–Crippen LogP) is 6.29. The lowest BCUT2D eigenvalue weighted by Gasteiger charge is -1.97. The van der Waals surface area contributed by atoms with Crippen molar-refractivity contribution in [3.63, 3.8) is 0 Å². The lowest BCUT2D eigenvalue weighted by Crippen LogP contribution is -1.79. The van der Waals surface area contributed by atoms with Crippen LogP contribution in [0.15, 0.2) is 53.5 Å². The fraction of sp³-hybridized carbons (Fsp3) is 0.150. The van der Waals surface area contributed by atoms with Crippen molar-refractivity contribution in [2.24, 2.45) is 4.99 Å². The molecule has 0 amide bonds. The Balaban J connectivity index is 2.14. The normalized spacial score (nSPS) is 10.0. The second-order valence-electron chi connectivity index (χ2n) is 4.93. The van der Waals surface area contributed by atoms with E-state index in [0.717, 1.165) is 24.0 Å². The van der Waals surface area contributed by atoms with Crippen LogP contribution < -0.4 is 0 Å². The number of unbranched alkanes of at least 4 members (excludes halogenated alkanes) is 1. The first-order valence-electron chi connectivity index (χ1n) is 7.39. The molecule has 2 rings (SSSR count). The van der Waals surface area contributed by atoms with Gasteiger partial charge in [0, 0.05) is 11.1 Å². The molecule has 0 aromatic heterocycles. The molecule has 0 spiro atoms. The molecule has 23 heavy (non-hydrogen) atoms. The predicted molar refractivity (Wildman–Crippen MR) is 103 cm³/mol. The first kappa shape index (κ1) is 17.2. The highest BCUT2D eigenvalue weighted by Crippen LogP contribution is 2.22. The molecule has 2 aromatic carbocycles. The summed E-state index contributed by atoms with van der Waals surface area (Å²) in [5, 5.41) is 2.88. The second-order valence-corrected chi connectivity index (χ2v) is 5.52. The van der Waals surface area contributed by atoms with E-state index in [1.807, 2.05) is 24.3 Å². The van der Waals surface area contributed by atoms with Crippen LogP contribution in [0.25, 0.3) is 6.08 Å². The van der Waals surface area contributed by atoms with E-state index in [4.69, 9.17) is 11.6 Å². The molecule has 0 atom stereocenters. The van der Waals surface area contributed by atoms with E-state index in [0.29, 0.717) is 10.7 Å². The number of hydrogen-bond acceptors (Lipinski definition) is 2. The highest BCUT2D eigenvalue weighted by molar-refractivity contribution is 7.78. The average Bonchev–Trinajstić information content (AvgIpc) is 2.56. The van der Waals surface area contributed by atoms with Gasteiger partial charge in [0.2, 0.25) is 0 Å². The van der Waals surface area contributed by atoms with Crippen LogP contribution in [0.1, 0.15) is 36.5 Å². The minimum atomic E-state index is 0.558. The van der Waals surface area contributed by atoms with E-state index in [-0.39, 0.29) is 0 Å². The molecule has 114 valence electrons. The first-order valence-corrected chi connectivity index (χ1v) is 8.17. The molecule has 1 nitrogen and oxygen atoms in total. The third-order valence-electron chi connectivity index (χ3n) is 3.15. The largest absolute Gasteiger partial charge is 0.195 e. The summed E-state index contributed by atoms with van der Waals surface area (Å²) < 4.78 is 0. The number of isothiocyanates is 1. The maximum atomic E-state index is 6.19. The first-order chi connectivity index (χ1) is 11.2. The van der Waals surface area contributed by atoms with Crippen molar-refractivity contribution in [1.29, 1.82) is 0 Å². The summed E-state index contributed by atoms with van der Waals surface area (Å²) in [6, 6.07) is 13.5. The van der Waals surface area contributed by atoms with Crippen LogP contribution in [-0.4, -0.2) is 5.16 Å². The van der Waals surface area contributed by atoms with E-state index in [2.05, 4.69) is 65.4 Å². The molecule has 0 aliphatic heterocycles. The summed E-state index contributed by atoms with van der Waals surface area (Å²) in [7, 11) is 0. The van der Waals surface area contributed by atoms with Crippen LogP contribution in [0.3, 0.4) is 0 Å². The van der Waals surface area contributed by atoms with Gasteiger partial charge >= 0.3 is 0 Å². The number of allylic oxidation sites excluding steroid dienone is 1. The van der Waals surface area contributed by atoms with Crippen LogP contribution in [0.4, 0.5) is 5.69 Å². The van der Waals surface area contributed by atoms with Gasteiger partial charge < -0.3 is 0 Å². The Morgan fingerprint density at radius 3 is 2.57 bits per heavy atom. The molecule has 0 bridgehead atoms. The maximum Gasteiger partial charge on any atom is 0.0755 e. The highest BCUT2D eigenvalue weighted by Gasteiger charge is 1.98. The van der Waals surface area contributed by atoms with Gasteiger partial charge in [-0.3, -0.25) is 0 Å². The van der Waals surface area contributed by atoms with Gasteiger partial charge in [-0.15, -0.1) is 0 Å². The number of rotatable bonds is 4. The Morgan fingerprint density at radius 2 is 1.91 bits per heavy atom. The summed E-state index contributed by atoms with van der Waals surface area (Å²) >= 11 is 10.8. The van der Waals surface area contributed by atoms with Crippen LogP contribution in [0.5, 0.6) is 0 Å². The summed E-state index contributed by atoms with van der Waals surface area (Å²) in [5.74, 6) is 6.20. The zero-order valence-electron chi connectivity index (χ0n) is 12.8. The van der Waals surface area contributed by atoms with Crippen LogP contribution in [0.2, 0.25) is 5.02 Å². The number of nitrogens with zero attached hydrogens (tertiary/aromatic N) is 1. The molecule has 3 heteroatoms. The Labute approximate surface area is 147 Å². The molecule has 0 fully saturated rings. The number of benzene rings is 2. The number of hydrogen-bond donors (Lipinski definition) is 0. The van der Waals surface area contributed by atoms with E-state index < -0.39 is 0 Å². The fourth-order valence-electron chi connectivity index (χ4n) is 1.93. The van der Waals surface area contributed by atoms with Gasteiger partial charge in [-0.05, 0) is 54.5 Å². The van der Waals surface area contributed by atoms with Gasteiger partial charge in [-0.2, -0.15) is 4.99 Å². The Bertz CT molecular complexity index is 804. The SMILES string of the molecule is CCC/C=C/c1ccc(C#Cc2ccc(N=C=S)cc2Cl)cc1. The third-order valence-corrected chi connectivity index (χ3v) is 3.55. The Morgan fingerprint density at radius 1 is 1.13 bits per heavy atom. The minimum absolute atomic E-state index is 0.558. The van der Waals surface area contributed by atoms with Gasteiger partial charge in [-0.25, -0.2) is 0 Å². The molecule has 0 N–H and O–H groups in total. The van der Waals surface area contributed by atoms with Crippen molar-refractivity contribution in [1.82, 2.24) is 0 Å². The summed E-state index contributed by atoms with van der Waals surface area (Å²) in [6.07, 6.45) is 6.58. The van der Waals surface area contributed by atoms with Crippen molar-refractivity contribution < 1.29 is 0 Å². The van der Waals surface area contributed by atoms with Crippen molar-refractivity contribution >= 4 is 40.7 Å². The maximum absolute atomic E-state index is 6.19. The van der Waals surface area contributed by atoms with Gasteiger partial charge in [0.15, 0.2) is 0 Å². The molecule has 0 aliphatic rings. The van der Waals surface area contributed by atoms with E-state index in [1.54, 1.807) is 6.07 Å². The topological polar surface area (TPSA) is 12.4 Å². The standard InChI is InChI=1S/C20H16ClNS/c1-2-3-4-5-16-6-8-17(9-7-16)10-11-18-12-13-19(22-15-23)14-20(18)21/h4-9,12-14H,2-3H2,1H3/b5-4+. The summed E-state index contributed by atoms with van der Waals surface area (Å²) in [4.78, 5) is 3.89. The Kier molecular flexibility index (Phi) is 6.78. The molecular formula is C20H16ClNS.